The number of aromatic amines is 1. The highest BCUT2D eigenvalue weighted by molar-refractivity contribution is 7.12. The van der Waals surface area contributed by atoms with Gasteiger partial charge in [-0.05, 0) is 41.8 Å². The van der Waals surface area contributed by atoms with Crippen molar-refractivity contribution in [3.8, 4) is 23.1 Å². The second-order valence-electron chi connectivity index (χ2n) is 6.74. The molecule has 3 aromatic heterocycles. The van der Waals surface area contributed by atoms with Gasteiger partial charge in [0.25, 0.3) is 0 Å². The molecule has 0 unspecified atom stereocenters. The number of carbonyl (C=O) groups is 1. The van der Waals surface area contributed by atoms with E-state index in [2.05, 4.69) is 21.1 Å². The number of para-hydroxylation sites is 3. The van der Waals surface area contributed by atoms with E-state index >= 15 is 0 Å². The molecule has 0 atom stereocenters. The summed E-state index contributed by atoms with van der Waals surface area (Å²) in [5, 5.41) is 24.6. The van der Waals surface area contributed by atoms with E-state index < -0.39 is 0 Å². The fourth-order valence-corrected chi connectivity index (χ4v) is 4.01. The van der Waals surface area contributed by atoms with Crippen molar-refractivity contribution >= 4 is 28.2 Å². The summed E-state index contributed by atoms with van der Waals surface area (Å²) in [5.41, 5.74) is 2.95. The maximum absolute atomic E-state index is 13.1. The molecule has 0 radical (unpaired) electrons. The molecular formula is C23H14N6OS. The van der Waals surface area contributed by atoms with Crippen LogP contribution in [0.25, 0.3) is 28.1 Å². The number of H-pyrrole nitrogens is 1. The first-order chi connectivity index (χ1) is 15.2. The molecule has 0 aliphatic rings. The zero-order valence-electron chi connectivity index (χ0n) is 16.0. The summed E-state index contributed by atoms with van der Waals surface area (Å²) in [6.45, 7) is 0. The first kappa shape index (κ1) is 18.7. The monoisotopic (exact) mass is 422 g/mol. The van der Waals surface area contributed by atoms with Crippen LogP contribution in [0.3, 0.4) is 0 Å². The molecule has 2 N–H and O–H groups in total. The van der Waals surface area contributed by atoms with E-state index in [0.29, 0.717) is 27.5 Å². The molecule has 8 heteroatoms. The zero-order chi connectivity index (χ0) is 21.4. The van der Waals surface area contributed by atoms with Crippen LogP contribution in [-0.2, 0) is 0 Å². The number of fused-ring (bicyclic) bond motifs is 1. The molecule has 0 spiro atoms. The Morgan fingerprint density at radius 1 is 1.10 bits per heavy atom. The molecule has 0 saturated carbocycles. The minimum absolute atomic E-state index is 0.0180. The standard InChI is InChI=1S/C23H14N6OS/c24-13-14-6-1-4-9-19(14)29-22(25)15(23-26-16-7-2-3-8-17(16)27-23)12-18(28-29)21(30)20-10-5-11-31-20/h1-12,25H,(H,26,27). The minimum Gasteiger partial charge on any atom is -0.338 e. The topological polar surface area (TPSA) is 111 Å². The van der Waals surface area contributed by atoms with Crippen LogP contribution in [0.15, 0.2) is 72.1 Å². The lowest BCUT2D eigenvalue weighted by Gasteiger charge is -2.12. The maximum Gasteiger partial charge on any atom is 0.223 e. The number of thiophene rings is 1. The van der Waals surface area contributed by atoms with E-state index in [4.69, 9.17) is 5.41 Å². The number of nitrogens with zero attached hydrogens (tertiary/aromatic N) is 4. The van der Waals surface area contributed by atoms with Crippen LogP contribution >= 0.6 is 11.3 Å². The number of aromatic nitrogens is 4. The van der Waals surface area contributed by atoms with Gasteiger partial charge in [-0.25, -0.2) is 9.67 Å². The Hall–Kier alpha value is -4.35. The fourth-order valence-electron chi connectivity index (χ4n) is 3.34. The molecule has 148 valence electrons. The predicted octanol–water partition coefficient (Wildman–Crippen LogP) is 4.06. The van der Waals surface area contributed by atoms with Crippen molar-refractivity contribution in [2.45, 2.75) is 0 Å². The van der Waals surface area contributed by atoms with Crippen LogP contribution in [0.5, 0.6) is 0 Å². The van der Waals surface area contributed by atoms with Gasteiger partial charge in [-0.3, -0.25) is 10.2 Å². The molecule has 31 heavy (non-hydrogen) atoms. The molecule has 0 aliphatic heterocycles. The largest absolute Gasteiger partial charge is 0.338 e. The van der Waals surface area contributed by atoms with Gasteiger partial charge < -0.3 is 4.98 Å². The van der Waals surface area contributed by atoms with Crippen molar-refractivity contribution in [2.24, 2.45) is 0 Å². The Labute approximate surface area is 180 Å². The van der Waals surface area contributed by atoms with Crippen LogP contribution in [-0.4, -0.2) is 25.5 Å². The quantitative estimate of drug-likeness (QED) is 0.425. The lowest BCUT2D eigenvalue weighted by Crippen LogP contribution is -2.26. The van der Waals surface area contributed by atoms with Crippen LogP contribution in [0.1, 0.15) is 20.9 Å². The first-order valence-corrected chi connectivity index (χ1v) is 10.3. The van der Waals surface area contributed by atoms with Gasteiger partial charge in [0.05, 0.1) is 32.7 Å². The van der Waals surface area contributed by atoms with E-state index in [1.54, 1.807) is 42.5 Å². The molecule has 0 fully saturated rings. The third-order valence-electron chi connectivity index (χ3n) is 4.83. The van der Waals surface area contributed by atoms with Gasteiger partial charge in [0.2, 0.25) is 5.78 Å². The van der Waals surface area contributed by atoms with Crippen molar-refractivity contribution < 1.29 is 4.79 Å². The van der Waals surface area contributed by atoms with Crippen molar-refractivity contribution in [1.82, 2.24) is 19.7 Å². The second-order valence-corrected chi connectivity index (χ2v) is 7.69. The third-order valence-corrected chi connectivity index (χ3v) is 5.70. The number of nitriles is 1. The Kier molecular flexibility index (Phi) is 4.50. The molecular weight excluding hydrogens is 408 g/mol. The summed E-state index contributed by atoms with van der Waals surface area (Å²) in [6.07, 6.45) is 0. The fraction of sp³-hybridized carbons (Fsp3) is 0. The van der Waals surface area contributed by atoms with E-state index in [1.165, 1.54) is 16.0 Å². The number of ketones is 1. The molecule has 3 heterocycles. The summed E-state index contributed by atoms with van der Waals surface area (Å²) >= 11 is 1.32. The Morgan fingerprint density at radius 3 is 2.68 bits per heavy atom. The number of benzene rings is 2. The van der Waals surface area contributed by atoms with E-state index in [-0.39, 0.29) is 17.0 Å². The number of nitrogens with one attached hydrogen (secondary N) is 2. The van der Waals surface area contributed by atoms with Crippen molar-refractivity contribution in [2.75, 3.05) is 0 Å². The van der Waals surface area contributed by atoms with E-state index in [0.717, 1.165) is 11.0 Å². The molecule has 5 aromatic rings. The van der Waals surface area contributed by atoms with Gasteiger partial charge in [-0.2, -0.15) is 10.4 Å². The first-order valence-electron chi connectivity index (χ1n) is 9.37. The highest BCUT2D eigenvalue weighted by Gasteiger charge is 2.19. The second kappa shape index (κ2) is 7.48. The summed E-state index contributed by atoms with van der Waals surface area (Å²) in [4.78, 5) is 21.4. The summed E-state index contributed by atoms with van der Waals surface area (Å²) < 4.78 is 1.32. The number of hydrogen-bond acceptors (Lipinski definition) is 6. The van der Waals surface area contributed by atoms with Gasteiger partial charge in [-0.1, -0.05) is 30.3 Å². The number of imidazole rings is 1. The number of rotatable bonds is 4. The van der Waals surface area contributed by atoms with E-state index in [1.807, 2.05) is 29.6 Å². The Morgan fingerprint density at radius 2 is 1.90 bits per heavy atom. The Bertz CT molecular complexity index is 1510. The van der Waals surface area contributed by atoms with Gasteiger partial charge in [0, 0.05) is 0 Å². The summed E-state index contributed by atoms with van der Waals surface area (Å²) in [6, 6.07) is 21.6. The van der Waals surface area contributed by atoms with Crippen molar-refractivity contribution in [3.63, 3.8) is 0 Å². The van der Waals surface area contributed by atoms with Crippen molar-refractivity contribution in [1.29, 1.82) is 10.7 Å². The average molecular weight is 422 g/mol. The lowest BCUT2D eigenvalue weighted by molar-refractivity contribution is 0.103. The molecule has 2 aromatic carbocycles. The number of carbonyl (C=O) groups excluding carboxylic acids is 1. The summed E-state index contributed by atoms with van der Waals surface area (Å²) in [5.74, 6) is 0.201. The SMILES string of the molecule is N#Cc1ccccc1-n1nc(C(=O)c2cccs2)cc(-c2nc3ccccc3[nH]2)c1=N. The molecule has 7 nitrogen and oxygen atoms in total. The van der Waals surface area contributed by atoms with Crippen LogP contribution in [0, 0.1) is 16.7 Å². The summed E-state index contributed by atoms with van der Waals surface area (Å²) in [7, 11) is 0. The van der Waals surface area contributed by atoms with Crippen molar-refractivity contribution in [3.05, 3.63) is 93.7 Å². The van der Waals surface area contributed by atoms with Crippen LogP contribution < -0.4 is 5.49 Å². The molecule has 0 saturated heterocycles. The maximum atomic E-state index is 13.1. The molecule has 0 aliphatic carbocycles. The molecule has 0 bridgehead atoms. The highest BCUT2D eigenvalue weighted by Crippen LogP contribution is 2.21. The zero-order valence-corrected chi connectivity index (χ0v) is 16.9. The molecule has 0 amide bonds. The lowest BCUT2D eigenvalue weighted by atomic mass is 10.1. The number of hydrogen-bond donors (Lipinski definition) is 2. The minimum atomic E-state index is -0.254. The van der Waals surface area contributed by atoms with E-state index in [9.17, 15) is 10.1 Å². The predicted molar refractivity (Wildman–Crippen MR) is 117 cm³/mol. The van der Waals surface area contributed by atoms with Crippen LogP contribution in [0.2, 0.25) is 0 Å². The smallest absolute Gasteiger partial charge is 0.223 e. The van der Waals surface area contributed by atoms with Gasteiger partial charge in [0.15, 0.2) is 5.49 Å². The average Bonchev–Trinajstić information content (AvgIpc) is 3.49. The van der Waals surface area contributed by atoms with Gasteiger partial charge in [-0.15, -0.1) is 11.3 Å². The van der Waals surface area contributed by atoms with Gasteiger partial charge in [0.1, 0.15) is 17.6 Å². The third kappa shape index (κ3) is 3.23. The highest BCUT2D eigenvalue weighted by atomic mass is 32.1. The Balaban J connectivity index is 1.79. The van der Waals surface area contributed by atoms with Crippen LogP contribution in [0.4, 0.5) is 0 Å². The molecule has 5 rings (SSSR count). The van der Waals surface area contributed by atoms with Gasteiger partial charge >= 0.3 is 0 Å². The normalized spacial score (nSPS) is 10.8.